The van der Waals surface area contributed by atoms with E-state index >= 15 is 0 Å². The van der Waals surface area contributed by atoms with Crippen LogP contribution in [0.25, 0.3) is 0 Å². The van der Waals surface area contributed by atoms with Gasteiger partial charge in [-0.1, -0.05) is 96.9 Å². The number of amides is 2. The molecule has 0 spiro atoms. The minimum atomic E-state index is -0.632. The summed E-state index contributed by atoms with van der Waals surface area (Å²) in [5.74, 6) is 0.804. The molecular weight excluding hydrogens is 476 g/mol. The molecule has 0 aromatic heterocycles. The Hall–Kier alpha value is -2.76. The Morgan fingerprint density at radius 2 is 1.69 bits per heavy atom. The average molecular weight is 509 g/mol. The van der Waals surface area contributed by atoms with Crippen LogP contribution in [0.3, 0.4) is 0 Å². The van der Waals surface area contributed by atoms with E-state index in [0.29, 0.717) is 18.0 Å². The van der Waals surface area contributed by atoms with Crippen LogP contribution >= 0.6 is 23.4 Å². The Labute approximate surface area is 218 Å². The third-order valence-electron chi connectivity index (χ3n) is 5.70. The number of nitrogens with one attached hydrogen (secondary N) is 1. The molecule has 0 bridgehead atoms. The van der Waals surface area contributed by atoms with Gasteiger partial charge in [0.2, 0.25) is 11.8 Å². The lowest BCUT2D eigenvalue weighted by atomic mass is 10.0. The van der Waals surface area contributed by atoms with Crippen LogP contribution in [-0.2, 0) is 28.3 Å². The van der Waals surface area contributed by atoms with Gasteiger partial charge in [0.15, 0.2) is 0 Å². The fourth-order valence-corrected chi connectivity index (χ4v) is 4.92. The van der Waals surface area contributed by atoms with Crippen molar-refractivity contribution in [2.75, 3.05) is 12.3 Å². The molecule has 3 aromatic rings. The van der Waals surface area contributed by atoms with Crippen molar-refractivity contribution in [3.05, 3.63) is 106 Å². The highest BCUT2D eigenvalue weighted by atomic mass is 35.5. The van der Waals surface area contributed by atoms with Crippen molar-refractivity contribution < 1.29 is 9.59 Å². The zero-order valence-electron chi connectivity index (χ0n) is 20.4. The van der Waals surface area contributed by atoms with Crippen molar-refractivity contribution in [3.63, 3.8) is 0 Å². The lowest BCUT2D eigenvalue weighted by Gasteiger charge is -2.31. The standard InChI is InChI=1S/C29H33ClN2O2S/c1-3-16-31-29(34)27(18-23-11-5-4-6-12-23)32(19-25-14-7-8-15-26(25)30)28(33)21-35-20-24-13-9-10-22(2)17-24/h4-15,17,27H,3,16,18-21H2,1-2H3,(H,31,34)/t27-/m0/s1. The Balaban J connectivity index is 1.84. The molecule has 6 heteroatoms. The summed E-state index contributed by atoms with van der Waals surface area (Å²) in [6, 6.07) is 25.0. The van der Waals surface area contributed by atoms with Crippen LogP contribution < -0.4 is 5.32 Å². The molecule has 1 N–H and O–H groups in total. The monoisotopic (exact) mass is 508 g/mol. The molecule has 0 saturated carbocycles. The molecule has 3 aromatic carbocycles. The van der Waals surface area contributed by atoms with Gasteiger partial charge in [0.1, 0.15) is 6.04 Å². The number of rotatable bonds is 12. The van der Waals surface area contributed by atoms with Gasteiger partial charge in [0.25, 0.3) is 0 Å². The average Bonchev–Trinajstić information content (AvgIpc) is 2.86. The van der Waals surface area contributed by atoms with E-state index in [0.717, 1.165) is 23.3 Å². The number of nitrogens with zero attached hydrogens (tertiary/aromatic N) is 1. The topological polar surface area (TPSA) is 49.4 Å². The lowest BCUT2D eigenvalue weighted by molar-refractivity contribution is -0.139. The predicted molar refractivity (Wildman–Crippen MR) is 147 cm³/mol. The predicted octanol–water partition coefficient (Wildman–Crippen LogP) is 6.05. The summed E-state index contributed by atoms with van der Waals surface area (Å²) in [5.41, 5.74) is 4.22. The Morgan fingerprint density at radius 3 is 2.40 bits per heavy atom. The van der Waals surface area contributed by atoms with Gasteiger partial charge in [-0.15, -0.1) is 11.8 Å². The molecule has 0 saturated heterocycles. The first-order chi connectivity index (χ1) is 17.0. The molecule has 0 heterocycles. The summed E-state index contributed by atoms with van der Waals surface area (Å²) in [7, 11) is 0. The zero-order chi connectivity index (χ0) is 25.0. The summed E-state index contributed by atoms with van der Waals surface area (Å²) in [6.07, 6.45) is 1.27. The van der Waals surface area contributed by atoms with Crippen LogP contribution in [0.1, 0.15) is 35.6 Å². The van der Waals surface area contributed by atoms with Crippen molar-refractivity contribution >= 4 is 35.2 Å². The summed E-state index contributed by atoms with van der Waals surface area (Å²) < 4.78 is 0. The van der Waals surface area contributed by atoms with Gasteiger partial charge < -0.3 is 10.2 Å². The molecule has 0 aliphatic rings. The Bertz CT molecular complexity index is 1110. The highest BCUT2D eigenvalue weighted by Gasteiger charge is 2.30. The number of carbonyl (C=O) groups is 2. The minimum absolute atomic E-state index is 0.0739. The largest absolute Gasteiger partial charge is 0.354 e. The van der Waals surface area contributed by atoms with E-state index in [-0.39, 0.29) is 24.1 Å². The molecule has 4 nitrogen and oxygen atoms in total. The first-order valence-electron chi connectivity index (χ1n) is 12.0. The molecule has 0 unspecified atom stereocenters. The van der Waals surface area contributed by atoms with Crippen molar-refractivity contribution in [2.24, 2.45) is 0 Å². The fourth-order valence-electron chi connectivity index (χ4n) is 3.87. The van der Waals surface area contributed by atoms with E-state index in [1.54, 1.807) is 16.7 Å². The maximum atomic E-state index is 13.6. The van der Waals surface area contributed by atoms with Crippen molar-refractivity contribution in [1.82, 2.24) is 10.2 Å². The second-order valence-corrected chi connectivity index (χ2v) is 9.98. The smallest absolute Gasteiger partial charge is 0.243 e. The summed E-state index contributed by atoms with van der Waals surface area (Å²) in [5, 5.41) is 3.59. The van der Waals surface area contributed by atoms with Crippen molar-refractivity contribution in [2.45, 2.75) is 45.0 Å². The molecule has 35 heavy (non-hydrogen) atoms. The molecule has 184 valence electrons. The first kappa shape index (κ1) is 26.8. The third-order valence-corrected chi connectivity index (χ3v) is 7.05. The maximum Gasteiger partial charge on any atom is 0.243 e. The molecule has 0 radical (unpaired) electrons. The number of benzene rings is 3. The van der Waals surface area contributed by atoms with Gasteiger partial charge in [-0.25, -0.2) is 0 Å². The number of hydrogen-bond acceptors (Lipinski definition) is 3. The number of aryl methyl sites for hydroxylation is 1. The number of thioether (sulfide) groups is 1. The number of hydrogen-bond donors (Lipinski definition) is 1. The highest BCUT2D eigenvalue weighted by molar-refractivity contribution is 7.99. The molecule has 1 atom stereocenters. The van der Waals surface area contributed by atoms with Crippen LogP contribution in [0.5, 0.6) is 0 Å². The molecule has 3 rings (SSSR count). The quantitative estimate of drug-likeness (QED) is 0.324. The van der Waals surface area contributed by atoms with Gasteiger partial charge in [0, 0.05) is 30.3 Å². The third kappa shape index (κ3) is 8.44. The molecule has 0 fully saturated rings. The summed E-state index contributed by atoms with van der Waals surface area (Å²) >= 11 is 8.02. The second kappa shape index (κ2) is 14.0. The van der Waals surface area contributed by atoms with Crippen LogP contribution in [0, 0.1) is 6.92 Å². The maximum absolute atomic E-state index is 13.6. The van der Waals surface area contributed by atoms with Gasteiger partial charge >= 0.3 is 0 Å². The lowest BCUT2D eigenvalue weighted by Crippen LogP contribution is -2.51. The molecular formula is C29H33ClN2O2S. The number of carbonyl (C=O) groups excluding carboxylic acids is 2. The van der Waals surface area contributed by atoms with Crippen LogP contribution in [0.15, 0.2) is 78.9 Å². The van der Waals surface area contributed by atoms with Crippen LogP contribution in [0.2, 0.25) is 5.02 Å². The van der Waals surface area contributed by atoms with E-state index in [4.69, 9.17) is 11.6 Å². The Kier molecular flexibility index (Phi) is 10.7. The van der Waals surface area contributed by atoms with E-state index in [1.807, 2.05) is 67.6 Å². The van der Waals surface area contributed by atoms with Crippen molar-refractivity contribution in [3.8, 4) is 0 Å². The van der Waals surface area contributed by atoms with Crippen LogP contribution in [0.4, 0.5) is 0 Å². The Morgan fingerprint density at radius 1 is 0.971 bits per heavy atom. The molecule has 0 aliphatic carbocycles. The van der Waals surface area contributed by atoms with E-state index < -0.39 is 6.04 Å². The number of halogens is 1. The zero-order valence-corrected chi connectivity index (χ0v) is 21.9. The van der Waals surface area contributed by atoms with Gasteiger partial charge in [-0.3, -0.25) is 9.59 Å². The van der Waals surface area contributed by atoms with E-state index in [2.05, 4.69) is 30.4 Å². The first-order valence-corrected chi connectivity index (χ1v) is 13.5. The normalized spacial score (nSPS) is 11.6. The van der Waals surface area contributed by atoms with E-state index in [1.165, 1.54) is 11.1 Å². The van der Waals surface area contributed by atoms with Gasteiger partial charge in [-0.2, -0.15) is 0 Å². The minimum Gasteiger partial charge on any atom is -0.354 e. The summed E-state index contributed by atoms with van der Waals surface area (Å²) in [6.45, 7) is 4.93. The van der Waals surface area contributed by atoms with E-state index in [9.17, 15) is 9.59 Å². The molecule has 2 amide bonds. The van der Waals surface area contributed by atoms with Crippen molar-refractivity contribution in [1.29, 1.82) is 0 Å². The second-order valence-electron chi connectivity index (χ2n) is 8.59. The van der Waals surface area contributed by atoms with Gasteiger partial charge in [0.05, 0.1) is 5.75 Å². The molecule has 0 aliphatic heterocycles. The van der Waals surface area contributed by atoms with Gasteiger partial charge in [-0.05, 0) is 36.1 Å². The van der Waals surface area contributed by atoms with Crippen LogP contribution in [-0.4, -0.2) is 35.1 Å². The fraction of sp³-hybridized carbons (Fsp3) is 0.310. The summed E-state index contributed by atoms with van der Waals surface area (Å²) in [4.78, 5) is 28.6. The SMILES string of the molecule is CCCNC(=O)[C@H](Cc1ccccc1)N(Cc1ccccc1Cl)C(=O)CSCc1cccc(C)c1. The highest BCUT2D eigenvalue weighted by Crippen LogP contribution is 2.22.